The highest BCUT2D eigenvalue weighted by Gasteiger charge is 2.49. The predicted molar refractivity (Wildman–Crippen MR) is 95.4 cm³/mol. The number of rotatable bonds is 5. The summed E-state index contributed by atoms with van der Waals surface area (Å²) < 4.78 is 59.1. The van der Waals surface area contributed by atoms with Crippen LogP contribution in [0.3, 0.4) is 0 Å². The first-order valence-corrected chi connectivity index (χ1v) is 8.54. The second-order valence-electron chi connectivity index (χ2n) is 8.40. The van der Waals surface area contributed by atoms with Crippen molar-refractivity contribution < 1.29 is 17.6 Å². The van der Waals surface area contributed by atoms with Gasteiger partial charge >= 0.3 is 0 Å². The summed E-state index contributed by atoms with van der Waals surface area (Å²) in [5.41, 5.74) is -2.60. The van der Waals surface area contributed by atoms with Crippen LogP contribution in [-0.2, 0) is 18.3 Å². The van der Waals surface area contributed by atoms with E-state index in [0.29, 0.717) is 5.56 Å². The van der Waals surface area contributed by atoms with E-state index in [1.165, 1.54) is 71.1 Å². The van der Waals surface area contributed by atoms with Crippen LogP contribution < -0.4 is 0 Å². The molecule has 0 atom stereocenters. The first-order valence-electron chi connectivity index (χ1n) is 8.54. The van der Waals surface area contributed by atoms with Crippen LogP contribution in [-0.4, -0.2) is 4.98 Å². The van der Waals surface area contributed by atoms with Crippen molar-refractivity contribution in [2.75, 3.05) is 0 Å². The van der Waals surface area contributed by atoms with Gasteiger partial charge in [-0.2, -0.15) is 0 Å². The van der Waals surface area contributed by atoms with Crippen LogP contribution in [0.5, 0.6) is 0 Å². The molecule has 0 saturated heterocycles. The lowest BCUT2D eigenvalue weighted by atomic mass is 9.76. The molecule has 2 rings (SSSR count). The lowest BCUT2D eigenvalue weighted by molar-refractivity contribution is -0.114. The van der Waals surface area contributed by atoms with Gasteiger partial charge in [-0.05, 0) is 30.2 Å². The van der Waals surface area contributed by atoms with Gasteiger partial charge in [-0.25, -0.2) is 17.6 Å². The Labute approximate surface area is 152 Å². The Hall–Kier alpha value is -1.91. The molecule has 2 aromatic rings. The summed E-state index contributed by atoms with van der Waals surface area (Å²) in [6.45, 7) is 7.25. The Morgan fingerprint density at radius 1 is 0.808 bits per heavy atom. The quantitative estimate of drug-likeness (QED) is 0.544. The van der Waals surface area contributed by atoms with Crippen molar-refractivity contribution in [3.63, 3.8) is 0 Å². The van der Waals surface area contributed by atoms with Gasteiger partial charge in [0.25, 0.3) is 11.8 Å². The lowest BCUT2D eigenvalue weighted by Crippen LogP contribution is -2.36. The van der Waals surface area contributed by atoms with Gasteiger partial charge in [0, 0.05) is 34.4 Å². The van der Waals surface area contributed by atoms with E-state index in [9.17, 15) is 17.6 Å². The molecule has 0 N–H and O–H groups in total. The molecule has 0 bridgehead atoms. The normalized spacial score (nSPS) is 13.7. The molecular weight excluding hydrogens is 342 g/mol. The van der Waals surface area contributed by atoms with Crippen molar-refractivity contribution in [1.82, 2.24) is 4.98 Å². The van der Waals surface area contributed by atoms with Gasteiger partial charge in [0.2, 0.25) is 0 Å². The van der Waals surface area contributed by atoms with E-state index in [-0.39, 0.29) is 17.5 Å². The van der Waals surface area contributed by atoms with E-state index in [0.717, 1.165) is 6.20 Å². The first kappa shape index (κ1) is 20.4. The van der Waals surface area contributed by atoms with E-state index in [1.54, 1.807) is 6.07 Å². The molecule has 0 aliphatic carbocycles. The monoisotopic (exact) mass is 367 g/mol. The minimum atomic E-state index is -3.15. The van der Waals surface area contributed by atoms with Gasteiger partial charge in [-0.1, -0.05) is 52.8 Å². The Kier molecular flexibility index (Phi) is 5.24. The van der Waals surface area contributed by atoms with Crippen LogP contribution in [0.25, 0.3) is 0 Å². The number of hydrogen-bond donors (Lipinski definition) is 0. The Bertz CT molecular complexity index is 746. The molecule has 1 aromatic carbocycles. The van der Waals surface area contributed by atoms with Crippen molar-refractivity contribution in [3.8, 4) is 0 Å². The molecule has 5 heteroatoms. The van der Waals surface area contributed by atoms with Crippen molar-refractivity contribution in [3.05, 3.63) is 65.5 Å². The maximum Gasteiger partial charge on any atom is 0.280 e. The maximum atomic E-state index is 15.0. The van der Waals surface area contributed by atoms with E-state index < -0.39 is 22.7 Å². The lowest BCUT2D eigenvalue weighted by Gasteiger charge is -2.35. The van der Waals surface area contributed by atoms with Gasteiger partial charge in [0.1, 0.15) is 0 Å². The standard InChI is InChI=1S/C21H25F4N/c1-18(2,3)20(22,23)16-9-6-8-15(12-16)13-19(4,5)21(24,25)17-10-7-11-26-14-17/h6-12,14H,13H2,1-5H3. The number of alkyl halides is 4. The van der Waals surface area contributed by atoms with E-state index >= 15 is 0 Å². The van der Waals surface area contributed by atoms with E-state index in [1.807, 2.05) is 0 Å². The van der Waals surface area contributed by atoms with E-state index in [4.69, 9.17) is 0 Å². The Morgan fingerprint density at radius 3 is 1.96 bits per heavy atom. The molecule has 1 nitrogen and oxygen atoms in total. The molecule has 0 radical (unpaired) electrons. The number of halogens is 4. The Balaban J connectivity index is 2.35. The summed E-state index contributed by atoms with van der Waals surface area (Å²) in [5.74, 6) is -6.21. The summed E-state index contributed by atoms with van der Waals surface area (Å²) in [4.78, 5) is 3.77. The number of pyridine rings is 1. The fraction of sp³-hybridized carbons (Fsp3) is 0.476. The highest BCUT2D eigenvalue weighted by atomic mass is 19.3. The molecule has 0 amide bonds. The highest BCUT2D eigenvalue weighted by molar-refractivity contribution is 5.30. The fourth-order valence-corrected chi connectivity index (χ4v) is 2.87. The van der Waals surface area contributed by atoms with Crippen molar-refractivity contribution in [2.24, 2.45) is 10.8 Å². The average molecular weight is 367 g/mol. The molecule has 1 aromatic heterocycles. The second-order valence-corrected chi connectivity index (χ2v) is 8.40. The third-order valence-corrected chi connectivity index (χ3v) is 4.75. The smallest absolute Gasteiger partial charge is 0.264 e. The molecule has 26 heavy (non-hydrogen) atoms. The van der Waals surface area contributed by atoms with E-state index in [2.05, 4.69) is 4.98 Å². The minimum absolute atomic E-state index is 0.0387. The third-order valence-electron chi connectivity index (χ3n) is 4.75. The van der Waals surface area contributed by atoms with Crippen LogP contribution in [0.1, 0.15) is 51.3 Å². The predicted octanol–water partition coefficient (Wildman–Crippen LogP) is 6.58. The van der Waals surface area contributed by atoms with Crippen LogP contribution in [0, 0.1) is 10.8 Å². The van der Waals surface area contributed by atoms with Crippen LogP contribution in [0.2, 0.25) is 0 Å². The van der Waals surface area contributed by atoms with Gasteiger partial charge < -0.3 is 0 Å². The number of nitrogens with zero attached hydrogens (tertiary/aromatic N) is 1. The number of benzene rings is 1. The van der Waals surface area contributed by atoms with Gasteiger partial charge in [-0.15, -0.1) is 0 Å². The third kappa shape index (κ3) is 3.76. The van der Waals surface area contributed by atoms with Gasteiger partial charge in [0.15, 0.2) is 0 Å². The zero-order valence-corrected chi connectivity index (χ0v) is 15.8. The van der Waals surface area contributed by atoms with Gasteiger partial charge in [-0.3, -0.25) is 4.98 Å². The molecular formula is C21H25F4N. The molecule has 0 unspecified atom stereocenters. The molecule has 0 aliphatic rings. The minimum Gasteiger partial charge on any atom is -0.264 e. The van der Waals surface area contributed by atoms with Crippen LogP contribution in [0.4, 0.5) is 17.6 Å². The molecule has 0 saturated carbocycles. The molecule has 0 spiro atoms. The van der Waals surface area contributed by atoms with Gasteiger partial charge in [0.05, 0.1) is 0 Å². The second kappa shape index (κ2) is 6.67. The number of aromatic nitrogens is 1. The SMILES string of the molecule is CC(C)(C)C(F)(F)c1cccc(CC(C)(C)C(F)(F)c2cccnc2)c1. The van der Waals surface area contributed by atoms with Crippen molar-refractivity contribution in [2.45, 2.75) is 52.9 Å². The molecule has 142 valence electrons. The number of hydrogen-bond acceptors (Lipinski definition) is 1. The average Bonchev–Trinajstić information content (AvgIpc) is 2.54. The zero-order chi connectivity index (χ0) is 19.8. The summed E-state index contributed by atoms with van der Waals surface area (Å²) in [6, 6.07) is 8.60. The van der Waals surface area contributed by atoms with Crippen molar-refractivity contribution >= 4 is 0 Å². The largest absolute Gasteiger partial charge is 0.280 e. The Morgan fingerprint density at radius 2 is 1.42 bits per heavy atom. The van der Waals surface area contributed by atoms with Crippen LogP contribution in [0.15, 0.2) is 48.8 Å². The summed E-state index contributed by atoms with van der Waals surface area (Å²) in [7, 11) is 0. The molecule has 0 fully saturated rings. The first-order chi connectivity index (χ1) is 11.8. The highest BCUT2D eigenvalue weighted by Crippen LogP contribution is 2.48. The molecule has 0 aliphatic heterocycles. The summed E-state index contributed by atoms with van der Waals surface area (Å²) >= 11 is 0. The van der Waals surface area contributed by atoms with Crippen LogP contribution >= 0.6 is 0 Å². The fourth-order valence-electron chi connectivity index (χ4n) is 2.87. The topological polar surface area (TPSA) is 12.9 Å². The zero-order valence-electron chi connectivity index (χ0n) is 15.8. The maximum absolute atomic E-state index is 15.0. The summed E-state index contributed by atoms with van der Waals surface area (Å²) in [6.07, 6.45) is 2.54. The molecule has 1 heterocycles. The summed E-state index contributed by atoms with van der Waals surface area (Å²) in [5, 5.41) is 0. The van der Waals surface area contributed by atoms with Crippen molar-refractivity contribution in [1.29, 1.82) is 0 Å².